The standard InChI is InChI=1S/C15H20N4O2/c1-20-12-6-4-5-11(9-16)15(12)21-10-14-18-17-13-7-2-3-8-19(13)14/h4-6H,2-3,7-10,16H2,1H3. The zero-order valence-corrected chi connectivity index (χ0v) is 12.2. The molecule has 1 aromatic carbocycles. The molecule has 0 bridgehead atoms. The van der Waals surface area contributed by atoms with Gasteiger partial charge in [0.2, 0.25) is 0 Å². The summed E-state index contributed by atoms with van der Waals surface area (Å²) in [5.74, 6) is 3.30. The number of fused-ring (bicyclic) bond motifs is 1. The van der Waals surface area contributed by atoms with Crippen LogP contribution in [-0.2, 0) is 26.1 Å². The predicted molar refractivity (Wildman–Crippen MR) is 78.2 cm³/mol. The number of nitrogens with zero attached hydrogens (tertiary/aromatic N) is 3. The summed E-state index contributed by atoms with van der Waals surface area (Å²) in [4.78, 5) is 0. The van der Waals surface area contributed by atoms with Crippen molar-refractivity contribution in [3.63, 3.8) is 0 Å². The van der Waals surface area contributed by atoms with Crippen molar-refractivity contribution in [2.24, 2.45) is 5.73 Å². The third-order valence-corrected chi connectivity index (χ3v) is 3.78. The summed E-state index contributed by atoms with van der Waals surface area (Å²) in [6.07, 6.45) is 3.35. The quantitative estimate of drug-likeness (QED) is 0.905. The number of aryl methyl sites for hydroxylation is 1. The SMILES string of the molecule is COc1cccc(CN)c1OCc1nnc2n1CCCC2. The van der Waals surface area contributed by atoms with Crippen LogP contribution in [0, 0.1) is 0 Å². The van der Waals surface area contributed by atoms with Gasteiger partial charge in [-0.15, -0.1) is 10.2 Å². The number of methoxy groups -OCH3 is 1. The minimum Gasteiger partial charge on any atom is -0.493 e. The summed E-state index contributed by atoms with van der Waals surface area (Å²) in [7, 11) is 1.63. The zero-order chi connectivity index (χ0) is 14.7. The molecule has 6 heteroatoms. The molecule has 1 aliphatic heterocycles. The fourth-order valence-electron chi connectivity index (χ4n) is 2.66. The number of aromatic nitrogens is 3. The van der Waals surface area contributed by atoms with Crippen molar-refractivity contribution in [1.29, 1.82) is 0 Å². The topological polar surface area (TPSA) is 75.2 Å². The van der Waals surface area contributed by atoms with Crippen LogP contribution in [-0.4, -0.2) is 21.9 Å². The molecular weight excluding hydrogens is 268 g/mol. The predicted octanol–water partition coefficient (Wildman–Crippen LogP) is 1.66. The molecular formula is C15H20N4O2. The molecule has 2 N–H and O–H groups in total. The van der Waals surface area contributed by atoms with Gasteiger partial charge in [-0.05, 0) is 18.9 Å². The lowest BCUT2D eigenvalue weighted by Gasteiger charge is -2.16. The van der Waals surface area contributed by atoms with Crippen molar-refractivity contribution >= 4 is 0 Å². The first kappa shape index (κ1) is 13.9. The largest absolute Gasteiger partial charge is 0.493 e. The van der Waals surface area contributed by atoms with Crippen LogP contribution in [0.2, 0.25) is 0 Å². The van der Waals surface area contributed by atoms with Crippen LogP contribution < -0.4 is 15.2 Å². The monoisotopic (exact) mass is 288 g/mol. The van der Waals surface area contributed by atoms with Gasteiger partial charge in [0.25, 0.3) is 0 Å². The molecule has 0 fully saturated rings. The van der Waals surface area contributed by atoms with E-state index in [4.69, 9.17) is 15.2 Å². The molecule has 0 amide bonds. The summed E-state index contributed by atoms with van der Waals surface area (Å²) in [5, 5.41) is 8.47. The van der Waals surface area contributed by atoms with Gasteiger partial charge in [0.05, 0.1) is 7.11 Å². The van der Waals surface area contributed by atoms with Crippen molar-refractivity contribution < 1.29 is 9.47 Å². The normalized spacial score (nSPS) is 13.8. The molecule has 6 nitrogen and oxygen atoms in total. The van der Waals surface area contributed by atoms with Gasteiger partial charge >= 0.3 is 0 Å². The third kappa shape index (κ3) is 2.71. The van der Waals surface area contributed by atoms with E-state index in [1.165, 1.54) is 12.8 Å². The third-order valence-electron chi connectivity index (χ3n) is 3.78. The first-order valence-electron chi connectivity index (χ1n) is 7.23. The van der Waals surface area contributed by atoms with Gasteiger partial charge in [-0.1, -0.05) is 12.1 Å². The lowest BCUT2D eigenvalue weighted by Crippen LogP contribution is -2.15. The Bertz CT molecular complexity index is 602. The van der Waals surface area contributed by atoms with Crippen molar-refractivity contribution in [2.75, 3.05) is 7.11 Å². The number of hydrogen-bond donors (Lipinski definition) is 1. The molecule has 0 radical (unpaired) electrons. The lowest BCUT2D eigenvalue weighted by atomic mass is 10.1. The molecule has 2 aromatic rings. The zero-order valence-electron chi connectivity index (χ0n) is 12.2. The Morgan fingerprint density at radius 2 is 2.19 bits per heavy atom. The second kappa shape index (κ2) is 6.13. The molecule has 1 aromatic heterocycles. The lowest BCUT2D eigenvalue weighted by molar-refractivity contribution is 0.266. The highest BCUT2D eigenvalue weighted by Crippen LogP contribution is 2.31. The fourth-order valence-corrected chi connectivity index (χ4v) is 2.66. The maximum Gasteiger partial charge on any atom is 0.171 e. The molecule has 0 atom stereocenters. The summed E-state index contributed by atoms with van der Waals surface area (Å²) in [6, 6.07) is 5.72. The molecule has 2 heterocycles. The second-order valence-electron chi connectivity index (χ2n) is 5.08. The van der Waals surface area contributed by atoms with E-state index in [1.54, 1.807) is 7.11 Å². The first-order chi connectivity index (χ1) is 10.3. The molecule has 0 saturated heterocycles. The van der Waals surface area contributed by atoms with Crippen LogP contribution in [0.3, 0.4) is 0 Å². The molecule has 3 rings (SSSR count). The van der Waals surface area contributed by atoms with Crippen LogP contribution >= 0.6 is 0 Å². The fraction of sp³-hybridized carbons (Fsp3) is 0.467. The van der Waals surface area contributed by atoms with Crippen molar-refractivity contribution in [3.8, 4) is 11.5 Å². The van der Waals surface area contributed by atoms with Crippen LogP contribution in [0.1, 0.15) is 30.1 Å². The van der Waals surface area contributed by atoms with Gasteiger partial charge in [0.1, 0.15) is 12.4 Å². The Balaban J connectivity index is 1.80. The van der Waals surface area contributed by atoms with Crippen molar-refractivity contribution in [1.82, 2.24) is 14.8 Å². The molecule has 0 spiro atoms. The summed E-state index contributed by atoms with van der Waals surface area (Å²) < 4.78 is 13.4. The van der Waals surface area contributed by atoms with Gasteiger partial charge in [0.15, 0.2) is 17.3 Å². The average Bonchev–Trinajstić information content (AvgIpc) is 2.95. The number of ether oxygens (including phenoxy) is 2. The Kier molecular flexibility index (Phi) is 4.06. The molecule has 1 aliphatic rings. The molecule has 0 unspecified atom stereocenters. The highest BCUT2D eigenvalue weighted by atomic mass is 16.5. The van der Waals surface area contributed by atoms with Crippen LogP contribution in [0.5, 0.6) is 11.5 Å². The van der Waals surface area contributed by atoms with E-state index in [0.29, 0.717) is 24.7 Å². The number of hydrogen-bond acceptors (Lipinski definition) is 5. The first-order valence-corrected chi connectivity index (χ1v) is 7.23. The maximum atomic E-state index is 5.93. The molecule has 0 aliphatic carbocycles. The Morgan fingerprint density at radius 1 is 1.29 bits per heavy atom. The Labute approximate surface area is 123 Å². The Morgan fingerprint density at radius 3 is 3.00 bits per heavy atom. The average molecular weight is 288 g/mol. The summed E-state index contributed by atoms with van der Waals surface area (Å²) >= 11 is 0. The molecule has 0 saturated carbocycles. The van der Waals surface area contributed by atoms with Crippen LogP contribution in [0.15, 0.2) is 18.2 Å². The van der Waals surface area contributed by atoms with Crippen molar-refractivity contribution in [3.05, 3.63) is 35.4 Å². The number of para-hydroxylation sites is 1. The minimum absolute atomic E-state index is 0.375. The van der Waals surface area contributed by atoms with E-state index in [1.807, 2.05) is 18.2 Å². The van der Waals surface area contributed by atoms with Gasteiger partial charge in [-0.3, -0.25) is 0 Å². The van der Waals surface area contributed by atoms with E-state index in [0.717, 1.165) is 30.2 Å². The summed E-state index contributed by atoms with van der Waals surface area (Å²) in [6.45, 7) is 1.75. The maximum absolute atomic E-state index is 5.93. The Hall–Kier alpha value is -2.08. The number of rotatable bonds is 5. The smallest absolute Gasteiger partial charge is 0.171 e. The number of nitrogens with two attached hydrogens (primary N) is 1. The van der Waals surface area contributed by atoms with E-state index < -0.39 is 0 Å². The van der Waals surface area contributed by atoms with Gasteiger partial charge in [0, 0.05) is 25.1 Å². The van der Waals surface area contributed by atoms with Gasteiger partial charge in [-0.2, -0.15) is 0 Å². The van der Waals surface area contributed by atoms with E-state index >= 15 is 0 Å². The van der Waals surface area contributed by atoms with Gasteiger partial charge in [-0.25, -0.2) is 0 Å². The van der Waals surface area contributed by atoms with E-state index in [9.17, 15) is 0 Å². The van der Waals surface area contributed by atoms with Gasteiger partial charge < -0.3 is 19.8 Å². The number of benzene rings is 1. The van der Waals surface area contributed by atoms with E-state index in [-0.39, 0.29) is 0 Å². The van der Waals surface area contributed by atoms with Crippen molar-refractivity contribution in [2.45, 2.75) is 39.0 Å². The highest BCUT2D eigenvalue weighted by Gasteiger charge is 2.17. The molecule has 21 heavy (non-hydrogen) atoms. The van der Waals surface area contributed by atoms with E-state index in [2.05, 4.69) is 14.8 Å². The summed E-state index contributed by atoms with van der Waals surface area (Å²) in [5.41, 5.74) is 6.69. The second-order valence-corrected chi connectivity index (χ2v) is 5.08. The highest BCUT2D eigenvalue weighted by molar-refractivity contribution is 5.46. The minimum atomic E-state index is 0.375. The van der Waals surface area contributed by atoms with Crippen LogP contribution in [0.4, 0.5) is 0 Å². The molecule has 112 valence electrons. The van der Waals surface area contributed by atoms with Crippen LogP contribution in [0.25, 0.3) is 0 Å².